The van der Waals surface area contributed by atoms with Gasteiger partial charge in [-0.3, -0.25) is 5.32 Å². The molecule has 1 atom stereocenters. The molecule has 0 heterocycles. The van der Waals surface area contributed by atoms with Gasteiger partial charge in [0.2, 0.25) is 0 Å². The van der Waals surface area contributed by atoms with Crippen LogP contribution >= 0.6 is 0 Å². The Labute approximate surface area is 95.1 Å². The monoisotopic (exact) mass is 227 g/mol. The molecule has 0 saturated carbocycles. The van der Waals surface area contributed by atoms with Crippen molar-refractivity contribution >= 4 is 12.1 Å². The molecule has 5 nitrogen and oxygen atoms in total. The number of alkyl carbamates (subject to hydrolysis) is 1. The molecule has 1 unspecified atom stereocenters. The third-order valence-electron chi connectivity index (χ3n) is 1.42. The number of hydrogen-bond acceptors (Lipinski definition) is 4. The zero-order valence-electron chi connectivity index (χ0n) is 9.83. The van der Waals surface area contributed by atoms with Crippen LogP contribution in [0.5, 0.6) is 0 Å². The smallest absolute Gasteiger partial charge is 0.411 e. The Bertz CT molecular complexity index is 309. The molecule has 1 N–H and O–H groups in total. The van der Waals surface area contributed by atoms with E-state index < -0.39 is 18.2 Å². The normalized spacial score (nSPS) is 11.2. The maximum atomic E-state index is 11.1. The van der Waals surface area contributed by atoms with E-state index in [9.17, 15) is 9.59 Å². The van der Waals surface area contributed by atoms with E-state index in [2.05, 4.69) is 18.5 Å². The average molecular weight is 227 g/mol. The van der Waals surface area contributed by atoms with Gasteiger partial charge in [0.25, 0.3) is 0 Å². The van der Waals surface area contributed by atoms with Crippen molar-refractivity contribution in [3.8, 4) is 0 Å². The molecule has 0 spiro atoms. The summed E-state index contributed by atoms with van der Waals surface area (Å²) in [6.45, 7) is 11.7. The average Bonchev–Trinajstić information content (AvgIpc) is 2.12. The lowest BCUT2D eigenvalue weighted by molar-refractivity contribution is -0.141. The van der Waals surface area contributed by atoms with Gasteiger partial charge in [0.05, 0.1) is 0 Å². The molecular formula is C11H17NO4. The van der Waals surface area contributed by atoms with Crippen LogP contribution in [-0.4, -0.2) is 24.8 Å². The van der Waals surface area contributed by atoms with Crippen LogP contribution in [-0.2, 0) is 14.3 Å². The molecule has 0 radical (unpaired) electrons. The van der Waals surface area contributed by atoms with E-state index in [-0.39, 0.29) is 6.61 Å². The Morgan fingerprint density at radius 3 is 2.31 bits per heavy atom. The lowest BCUT2D eigenvalue weighted by atomic mass is 10.3. The van der Waals surface area contributed by atoms with Crippen molar-refractivity contribution in [3.63, 3.8) is 0 Å². The summed E-state index contributed by atoms with van der Waals surface area (Å²) in [6.07, 6.45) is -1.14. The number of amides is 1. The van der Waals surface area contributed by atoms with E-state index in [4.69, 9.17) is 9.47 Å². The predicted molar refractivity (Wildman–Crippen MR) is 59.7 cm³/mol. The van der Waals surface area contributed by atoms with E-state index in [0.717, 1.165) is 0 Å². The fraction of sp³-hybridized carbons (Fsp3) is 0.455. The second-order valence-electron chi connectivity index (χ2n) is 3.50. The third-order valence-corrected chi connectivity index (χ3v) is 1.42. The molecule has 0 aliphatic rings. The van der Waals surface area contributed by atoms with Crippen molar-refractivity contribution in [1.82, 2.24) is 5.32 Å². The summed E-state index contributed by atoms with van der Waals surface area (Å²) in [5.74, 6) is -0.504. The molecule has 0 fully saturated rings. The number of nitrogens with one attached hydrogen (secondary N) is 1. The minimum Gasteiger partial charge on any atom is -0.458 e. The van der Waals surface area contributed by atoms with Crippen LogP contribution in [0.15, 0.2) is 24.4 Å². The van der Waals surface area contributed by atoms with Gasteiger partial charge in [-0.05, 0) is 20.8 Å². The Morgan fingerprint density at radius 2 is 1.88 bits per heavy atom. The highest BCUT2D eigenvalue weighted by molar-refractivity contribution is 5.86. The Balaban J connectivity index is 3.86. The van der Waals surface area contributed by atoms with Crippen LogP contribution < -0.4 is 5.32 Å². The molecule has 16 heavy (non-hydrogen) atoms. The van der Waals surface area contributed by atoms with Crippen molar-refractivity contribution in [3.05, 3.63) is 24.4 Å². The second-order valence-corrected chi connectivity index (χ2v) is 3.50. The Kier molecular flexibility index (Phi) is 5.92. The number of hydrogen-bond donors (Lipinski definition) is 1. The maximum absolute atomic E-state index is 11.1. The van der Waals surface area contributed by atoms with Crippen molar-refractivity contribution < 1.29 is 19.1 Å². The van der Waals surface area contributed by atoms with Crippen molar-refractivity contribution in [1.29, 1.82) is 0 Å². The molecule has 0 aromatic rings. The predicted octanol–water partition coefficient (Wildman–Crippen LogP) is 1.75. The van der Waals surface area contributed by atoms with Crippen LogP contribution in [0.25, 0.3) is 0 Å². The van der Waals surface area contributed by atoms with E-state index in [1.165, 1.54) is 0 Å². The minimum atomic E-state index is -0.619. The summed E-state index contributed by atoms with van der Waals surface area (Å²) in [7, 11) is 0. The molecule has 0 aliphatic heterocycles. The number of rotatable bonds is 5. The minimum absolute atomic E-state index is 0.00466. The van der Waals surface area contributed by atoms with Gasteiger partial charge in [-0.25, -0.2) is 9.59 Å². The first kappa shape index (κ1) is 14.2. The standard InChI is InChI=1S/C11H17NO4/c1-7(2)10(13)15-6-9(5)16-11(14)12-8(3)4/h9H,1,3,6H2,2,4-5H3,(H,12,14). The van der Waals surface area contributed by atoms with E-state index in [1.54, 1.807) is 20.8 Å². The fourth-order valence-electron chi connectivity index (χ4n) is 0.737. The van der Waals surface area contributed by atoms with E-state index in [1.807, 2.05) is 0 Å². The summed E-state index contributed by atoms with van der Waals surface area (Å²) in [5.41, 5.74) is 0.787. The largest absolute Gasteiger partial charge is 0.458 e. The molecule has 5 heteroatoms. The van der Waals surface area contributed by atoms with Crippen molar-refractivity contribution in [2.45, 2.75) is 26.9 Å². The van der Waals surface area contributed by atoms with Crippen LogP contribution in [0.4, 0.5) is 4.79 Å². The highest BCUT2D eigenvalue weighted by Gasteiger charge is 2.12. The van der Waals surface area contributed by atoms with Crippen LogP contribution in [0.2, 0.25) is 0 Å². The molecule has 0 aliphatic carbocycles. The number of allylic oxidation sites excluding steroid dienone is 1. The fourth-order valence-corrected chi connectivity index (χ4v) is 0.737. The second kappa shape index (κ2) is 6.66. The Morgan fingerprint density at radius 1 is 1.31 bits per heavy atom. The van der Waals surface area contributed by atoms with Gasteiger partial charge in [-0.1, -0.05) is 13.2 Å². The number of esters is 1. The molecule has 0 saturated heterocycles. The zero-order valence-corrected chi connectivity index (χ0v) is 9.83. The quantitative estimate of drug-likeness (QED) is 0.574. The third kappa shape index (κ3) is 6.64. The van der Waals surface area contributed by atoms with Gasteiger partial charge >= 0.3 is 12.1 Å². The van der Waals surface area contributed by atoms with Gasteiger partial charge in [-0.2, -0.15) is 0 Å². The number of ether oxygens (including phenoxy) is 2. The topological polar surface area (TPSA) is 64.6 Å². The van der Waals surface area contributed by atoms with Crippen LogP contribution in [0, 0.1) is 0 Å². The Hall–Kier alpha value is -1.78. The number of carbonyl (C=O) groups is 2. The molecule has 90 valence electrons. The SMILES string of the molecule is C=C(C)NC(=O)OC(C)COC(=O)C(=C)C. The van der Waals surface area contributed by atoms with Gasteiger partial charge in [0, 0.05) is 11.3 Å². The van der Waals surface area contributed by atoms with Gasteiger partial charge in [0.1, 0.15) is 12.7 Å². The van der Waals surface area contributed by atoms with Crippen LogP contribution in [0.1, 0.15) is 20.8 Å². The molecule has 1 amide bonds. The van der Waals surface area contributed by atoms with Crippen LogP contribution in [0.3, 0.4) is 0 Å². The summed E-state index contributed by atoms with van der Waals surface area (Å²) >= 11 is 0. The van der Waals surface area contributed by atoms with Gasteiger partial charge in [-0.15, -0.1) is 0 Å². The highest BCUT2D eigenvalue weighted by Crippen LogP contribution is 1.98. The molecule has 0 aromatic carbocycles. The molecule has 0 bridgehead atoms. The zero-order chi connectivity index (χ0) is 12.7. The first-order valence-electron chi connectivity index (χ1n) is 4.78. The first-order valence-corrected chi connectivity index (χ1v) is 4.78. The lowest BCUT2D eigenvalue weighted by Crippen LogP contribution is -2.29. The van der Waals surface area contributed by atoms with Gasteiger partial charge in [0.15, 0.2) is 0 Å². The van der Waals surface area contributed by atoms with E-state index >= 15 is 0 Å². The summed E-state index contributed by atoms with van der Waals surface area (Å²) in [4.78, 5) is 22.1. The summed E-state index contributed by atoms with van der Waals surface area (Å²) < 4.78 is 9.68. The first-order chi connectivity index (χ1) is 7.32. The van der Waals surface area contributed by atoms with Crippen molar-refractivity contribution in [2.75, 3.05) is 6.61 Å². The summed E-state index contributed by atoms with van der Waals surface area (Å²) in [5, 5.41) is 2.37. The number of carbonyl (C=O) groups excluding carboxylic acids is 2. The van der Waals surface area contributed by atoms with Gasteiger partial charge < -0.3 is 9.47 Å². The molecule has 0 rings (SSSR count). The highest BCUT2D eigenvalue weighted by atomic mass is 16.6. The molecular weight excluding hydrogens is 210 g/mol. The van der Waals surface area contributed by atoms with E-state index in [0.29, 0.717) is 11.3 Å². The lowest BCUT2D eigenvalue weighted by Gasteiger charge is -2.13. The maximum Gasteiger partial charge on any atom is 0.411 e. The molecule has 0 aromatic heterocycles. The van der Waals surface area contributed by atoms with Crippen molar-refractivity contribution in [2.24, 2.45) is 0 Å². The summed E-state index contributed by atoms with van der Waals surface area (Å²) in [6, 6.07) is 0.